The van der Waals surface area contributed by atoms with Crippen molar-refractivity contribution in [1.29, 1.82) is 5.26 Å². The summed E-state index contributed by atoms with van der Waals surface area (Å²) in [4.78, 5) is 18.1. The number of hydrogen-bond donors (Lipinski definition) is 0. The van der Waals surface area contributed by atoms with Crippen LogP contribution < -0.4 is 0 Å². The van der Waals surface area contributed by atoms with Gasteiger partial charge in [-0.2, -0.15) is 5.26 Å². The van der Waals surface area contributed by atoms with E-state index < -0.39 is 0 Å². The SMILES string of the molecule is CCCc1c(Cn2ccnc2-c2cccc(C#N)n2)ncn2nc(COC)nc12. The Morgan fingerprint density at radius 2 is 2.10 bits per heavy atom. The van der Waals surface area contributed by atoms with E-state index in [0.29, 0.717) is 36.2 Å². The number of nitrogens with zero attached hydrogens (tertiary/aromatic N) is 8. The largest absolute Gasteiger partial charge is 0.377 e. The summed E-state index contributed by atoms with van der Waals surface area (Å²) in [7, 11) is 1.62. The maximum atomic E-state index is 9.13. The highest BCUT2D eigenvalue weighted by Crippen LogP contribution is 2.20. The minimum absolute atomic E-state index is 0.356. The Labute approximate surface area is 167 Å². The average Bonchev–Trinajstić information content (AvgIpc) is 3.37. The van der Waals surface area contributed by atoms with Gasteiger partial charge in [0.1, 0.15) is 30.4 Å². The van der Waals surface area contributed by atoms with Crippen molar-refractivity contribution in [3.63, 3.8) is 0 Å². The molecule has 146 valence electrons. The van der Waals surface area contributed by atoms with E-state index in [-0.39, 0.29) is 0 Å². The van der Waals surface area contributed by atoms with Crippen LogP contribution in [0.1, 0.15) is 36.1 Å². The number of aromatic nitrogens is 7. The first-order valence-electron chi connectivity index (χ1n) is 9.33. The normalized spacial score (nSPS) is 11.1. The van der Waals surface area contributed by atoms with Crippen LogP contribution in [0.2, 0.25) is 0 Å². The average molecular weight is 388 g/mol. The highest BCUT2D eigenvalue weighted by Gasteiger charge is 2.16. The smallest absolute Gasteiger partial charge is 0.177 e. The Hall–Kier alpha value is -3.64. The monoisotopic (exact) mass is 388 g/mol. The first-order valence-corrected chi connectivity index (χ1v) is 9.33. The van der Waals surface area contributed by atoms with E-state index in [1.54, 1.807) is 36.3 Å². The summed E-state index contributed by atoms with van der Waals surface area (Å²) in [6.45, 7) is 3.00. The zero-order valence-electron chi connectivity index (χ0n) is 16.3. The van der Waals surface area contributed by atoms with Gasteiger partial charge in [0, 0.05) is 25.1 Å². The number of methoxy groups -OCH3 is 1. The standard InChI is InChI=1S/C20H20N8O/c1-3-5-15-17(23-13-28-19(15)25-18(26-28)12-29-2)11-27-9-8-22-20(27)16-7-4-6-14(10-21)24-16/h4,6-9,13H,3,5,11-12H2,1-2H3. The van der Waals surface area contributed by atoms with Crippen LogP contribution >= 0.6 is 0 Å². The Morgan fingerprint density at radius 3 is 2.90 bits per heavy atom. The van der Waals surface area contributed by atoms with Gasteiger partial charge < -0.3 is 9.30 Å². The number of rotatable bonds is 7. The third-order valence-corrected chi connectivity index (χ3v) is 4.52. The van der Waals surface area contributed by atoms with Gasteiger partial charge in [0.05, 0.1) is 12.2 Å². The fourth-order valence-corrected chi connectivity index (χ4v) is 3.27. The first-order chi connectivity index (χ1) is 14.2. The molecule has 0 unspecified atom stereocenters. The molecule has 9 nitrogen and oxygen atoms in total. The molecule has 4 aromatic rings. The second kappa shape index (κ2) is 8.16. The minimum atomic E-state index is 0.356. The Kier molecular flexibility index (Phi) is 5.27. The molecule has 0 fully saturated rings. The number of imidazole rings is 1. The molecule has 0 saturated carbocycles. The van der Waals surface area contributed by atoms with Crippen LogP contribution in [-0.4, -0.2) is 41.2 Å². The van der Waals surface area contributed by atoms with Crippen molar-refractivity contribution in [2.24, 2.45) is 0 Å². The number of aryl methyl sites for hydroxylation is 1. The number of nitriles is 1. The summed E-state index contributed by atoms with van der Waals surface area (Å²) in [5.41, 5.74) is 3.78. The molecular weight excluding hydrogens is 368 g/mol. The zero-order chi connectivity index (χ0) is 20.2. The molecule has 0 saturated heterocycles. The van der Waals surface area contributed by atoms with E-state index in [2.05, 4.69) is 38.0 Å². The summed E-state index contributed by atoms with van der Waals surface area (Å²) < 4.78 is 8.84. The Balaban J connectivity index is 1.74. The van der Waals surface area contributed by atoms with E-state index in [0.717, 1.165) is 29.7 Å². The molecular formula is C20H20N8O. The quantitative estimate of drug-likeness (QED) is 0.478. The van der Waals surface area contributed by atoms with Crippen LogP contribution in [0.5, 0.6) is 0 Å². The van der Waals surface area contributed by atoms with Crippen LogP contribution in [0.3, 0.4) is 0 Å². The molecule has 0 bridgehead atoms. The van der Waals surface area contributed by atoms with E-state index in [9.17, 15) is 0 Å². The molecule has 0 radical (unpaired) electrons. The number of pyridine rings is 1. The molecule has 0 atom stereocenters. The molecule has 29 heavy (non-hydrogen) atoms. The van der Waals surface area contributed by atoms with Crippen LogP contribution in [-0.2, 0) is 24.3 Å². The van der Waals surface area contributed by atoms with Crippen molar-refractivity contribution in [1.82, 2.24) is 34.1 Å². The lowest BCUT2D eigenvalue weighted by Crippen LogP contribution is -2.09. The molecule has 0 N–H and O–H groups in total. The van der Waals surface area contributed by atoms with Crippen molar-refractivity contribution in [2.75, 3.05) is 7.11 Å². The molecule has 4 aromatic heterocycles. The van der Waals surface area contributed by atoms with Gasteiger partial charge in [0.2, 0.25) is 0 Å². The second-order valence-electron chi connectivity index (χ2n) is 6.55. The molecule has 0 amide bonds. The first kappa shape index (κ1) is 18.7. The topological polar surface area (TPSA) is 107 Å². The van der Waals surface area contributed by atoms with Gasteiger partial charge in [0.25, 0.3) is 0 Å². The third-order valence-electron chi connectivity index (χ3n) is 4.52. The van der Waals surface area contributed by atoms with Gasteiger partial charge >= 0.3 is 0 Å². The lowest BCUT2D eigenvalue weighted by molar-refractivity contribution is 0.178. The lowest BCUT2D eigenvalue weighted by atomic mass is 10.1. The van der Waals surface area contributed by atoms with E-state index in [4.69, 9.17) is 10.00 Å². The maximum absolute atomic E-state index is 9.13. The maximum Gasteiger partial charge on any atom is 0.177 e. The Bertz CT molecular complexity index is 1190. The molecule has 0 aliphatic rings. The molecule has 0 aromatic carbocycles. The highest BCUT2D eigenvalue weighted by molar-refractivity contribution is 5.52. The molecule has 4 heterocycles. The lowest BCUT2D eigenvalue weighted by Gasteiger charge is -2.11. The van der Waals surface area contributed by atoms with Crippen LogP contribution in [0.15, 0.2) is 36.9 Å². The van der Waals surface area contributed by atoms with E-state index in [1.807, 2.05) is 16.8 Å². The van der Waals surface area contributed by atoms with Crippen molar-refractivity contribution in [2.45, 2.75) is 32.9 Å². The van der Waals surface area contributed by atoms with E-state index >= 15 is 0 Å². The number of ether oxygens (including phenoxy) is 1. The minimum Gasteiger partial charge on any atom is -0.377 e. The van der Waals surface area contributed by atoms with Gasteiger partial charge in [-0.1, -0.05) is 19.4 Å². The van der Waals surface area contributed by atoms with Crippen molar-refractivity contribution >= 4 is 5.65 Å². The van der Waals surface area contributed by atoms with Crippen LogP contribution in [0, 0.1) is 11.3 Å². The predicted molar refractivity (Wildman–Crippen MR) is 105 cm³/mol. The predicted octanol–water partition coefficient (Wildman–Crippen LogP) is 2.40. The van der Waals surface area contributed by atoms with E-state index in [1.165, 1.54) is 0 Å². The molecule has 0 aliphatic heterocycles. The van der Waals surface area contributed by atoms with Gasteiger partial charge in [-0.3, -0.25) is 0 Å². The molecule has 9 heteroatoms. The molecule has 0 spiro atoms. The number of hydrogen-bond acceptors (Lipinski definition) is 7. The van der Waals surface area contributed by atoms with Crippen molar-refractivity contribution in [3.8, 4) is 17.6 Å². The number of fused-ring (bicyclic) bond motifs is 1. The second-order valence-corrected chi connectivity index (χ2v) is 6.55. The summed E-state index contributed by atoms with van der Waals surface area (Å²) in [6.07, 6.45) is 7.09. The molecule has 0 aliphatic carbocycles. The third kappa shape index (κ3) is 3.70. The fraction of sp³-hybridized carbons (Fsp3) is 0.300. The van der Waals surface area contributed by atoms with Crippen molar-refractivity contribution < 1.29 is 4.74 Å². The summed E-state index contributed by atoms with van der Waals surface area (Å²) in [5.74, 6) is 1.32. The van der Waals surface area contributed by atoms with Crippen molar-refractivity contribution in [3.05, 3.63) is 59.7 Å². The summed E-state index contributed by atoms with van der Waals surface area (Å²) in [6, 6.07) is 7.40. The fourth-order valence-electron chi connectivity index (χ4n) is 3.27. The van der Waals surface area contributed by atoms with Gasteiger partial charge in [0.15, 0.2) is 17.3 Å². The van der Waals surface area contributed by atoms with Gasteiger partial charge in [-0.15, -0.1) is 5.10 Å². The summed E-state index contributed by atoms with van der Waals surface area (Å²) in [5, 5.41) is 13.6. The van der Waals surface area contributed by atoms with Gasteiger partial charge in [-0.05, 0) is 18.6 Å². The summed E-state index contributed by atoms with van der Waals surface area (Å²) >= 11 is 0. The zero-order valence-corrected chi connectivity index (χ0v) is 16.3. The van der Waals surface area contributed by atoms with Gasteiger partial charge in [-0.25, -0.2) is 24.5 Å². The Morgan fingerprint density at radius 1 is 1.21 bits per heavy atom. The van der Waals surface area contributed by atoms with Crippen LogP contribution in [0.25, 0.3) is 17.2 Å². The highest BCUT2D eigenvalue weighted by atomic mass is 16.5. The molecule has 4 rings (SSSR count). The van der Waals surface area contributed by atoms with Crippen LogP contribution in [0.4, 0.5) is 0 Å².